The van der Waals surface area contributed by atoms with Gasteiger partial charge in [-0.1, -0.05) is 36.4 Å². The maximum absolute atomic E-state index is 13.5. The van der Waals surface area contributed by atoms with Crippen molar-refractivity contribution in [2.45, 2.75) is 31.6 Å². The summed E-state index contributed by atoms with van der Waals surface area (Å²) in [6.45, 7) is 1.32. The number of rotatable bonds is 4. The van der Waals surface area contributed by atoms with E-state index in [9.17, 15) is 27.2 Å². The average Bonchev–Trinajstić information content (AvgIpc) is 2.66. The van der Waals surface area contributed by atoms with Crippen LogP contribution in [0.4, 0.5) is 17.6 Å². The molecule has 29 heavy (non-hydrogen) atoms. The van der Waals surface area contributed by atoms with Crippen molar-refractivity contribution in [3.05, 3.63) is 77.2 Å². The van der Waals surface area contributed by atoms with Crippen LogP contribution in [0, 0.1) is 5.82 Å². The molecule has 2 amide bonds. The summed E-state index contributed by atoms with van der Waals surface area (Å²) in [4.78, 5) is 25.8. The molecule has 0 spiro atoms. The maximum atomic E-state index is 13.5. The molecule has 0 radical (unpaired) electrons. The molecule has 3 rings (SSSR count). The third-order valence-electron chi connectivity index (χ3n) is 4.68. The molecule has 2 aromatic rings. The molecule has 0 aromatic heterocycles. The van der Waals surface area contributed by atoms with Gasteiger partial charge < -0.3 is 10.2 Å². The molecule has 8 heteroatoms. The summed E-state index contributed by atoms with van der Waals surface area (Å²) in [6.07, 6.45) is -1.89. The summed E-state index contributed by atoms with van der Waals surface area (Å²) < 4.78 is 53.6. The van der Waals surface area contributed by atoms with E-state index < -0.39 is 30.0 Å². The summed E-state index contributed by atoms with van der Waals surface area (Å²) in [5.74, 6) is -1.89. The summed E-state index contributed by atoms with van der Waals surface area (Å²) in [6, 6.07) is 7.81. The van der Waals surface area contributed by atoms with Gasteiger partial charge in [-0.3, -0.25) is 9.59 Å². The molecular formula is C21H18F4N2O2. The Kier molecular flexibility index (Phi) is 5.72. The van der Waals surface area contributed by atoms with Gasteiger partial charge in [0.2, 0.25) is 11.8 Å². The molecule has 0 aliphatic carbocycles. The lowest BCUT2D eigenvalue weighted by atomic mass is 9.93. The van der Waals surface area contributed by atoms with Crippen LogP contribution in [0.25, 0.3) is 6.08 Å². The zero-order chi connectivity index (χ0) is 21.2. The van der Waals surface area contributed by atoms with Crippen molar-refractivity contribution < 1.29 is 27.2 Å². The standard InChI is InChI=1S/C21H18F4N2O2/c1-13(28)27-11-10-14-4-2-3-5-17(14)18(27)12-19(29)26-20(21(23,24)25)15-6-8-16(22)9-7-15/h2-11,18,20H,12H2,1H3,(H,26,29). The van der Waals surface area contributed by atoms with Crippen LogP contribution in [0.3, 0.4) is 0 Å². The van der Waals surface area contributed by atoms with Gasteiger partial charge >= 0.3 is 6.18 Å². The van der Waals surface area contributed by atoms with Gasteiger partial charge in [0.1, 0.15) is 5.82 Å². The molecule has 2 aromatic carbocycles. The number of carbonyl (C=O) groups excluding carboxylic acids is 2. The Hall–Kier alpha value is -3.16. The lowest BCUT2D eigenvalue weighted by Crippen LogP contribution is -2.40. The van der Waals surface area contributed by atoms with Crippen molar-refractivity contribution in [2.75, 3.05) is 0 Å². The van der Waals surface area contributed by atoms with E-state index in [1.54, 1.807) is 30.3 Å². The first kappa shape index (κ1) is 20.6. The van der Waals surface area contributed by atoms with Crippen LogP contribution >= 0.6 is 0 Å². The number of nitrogens with one attached hydrogen (secondary N) is 1. The molecule has 1 heterocycles. The molecule has 152 valence electrons. The van der Waals surface area contributed by atoms with Crippen LogP contribution in [0.15, 0.2) is 54.7 Å². The highest BCUT2D eigenvalue weighted by Gasteiger charge is 2.42. The van der Waals surface area contributed by atoms with Crippen LogP contribution < -0.4 is 5.32 Å². The number of carbonyl (C=O) groups is 2. The van der Waals surface area contributed by atoms with Crippen LogP contribution in [0.2, 0.25) is 0 Å². The van der Waals surface area contributed by atoms with E-state index in [1.165, 1.54) is 18.0 Å². The maximum Gasteiger partial charge on any atom is 0.412 e. The molecule has 0 bridgehead atoms. The first-order valence-corrected chi connectivity index (χ1v) is 8.84. The first-order valence-electron chi connectivity index (χ1n) is 8.84. The number of hydrogen-bond acceptors (Lipinski definition) is 2. The third-order valence-corrected chi connectivity index (χ3v) is 4.68. The minimum atomic E-state index is -4.77. The zero-order valence-electron chi connectivity index (χ0n) is 15.4. The predicted octanol–water partition coefficient (Wildman–Crippen LogP) is 4.51. The largest absolute Gasteiger partial charge is 0.412 e. The second kappa shape index (κ2) is 8.06. The number of benzene rings is 2. The van der Waals surface area contributed by atoms with Gasteiger partial charge in [0.15, 0.2) is 6.04 Å². The number of halogens is 4. The normalized spacial score (nSPS) is 16.9. The lowest BCUT2D eigenvalue weighted by molar-refractivity contribution is -0.164. The van der Waals surface area contributed by atoms with Gasteiger partial charge in [0, 0.05) is 13.1 Å². The Morgan fingerprint density at radius 1 is 1.10 bits per heavy atom. The molecule has 2 atom stereocenters. The number of amides is 2. The first-order chi connectivity index (χ1) is 13.7. The van der Waals surface area contributed by atoms with Crippen molar-refractivity contribution in [1.29, 1.82) is 0 Å². The van der Waals surface area contributed by atoms with E-state index in [4.69, 9.17) is 0 Å². The van der Waals surface area contributed by atoms with E-state index in [1.807, 2.05) is 5.32 Å². The highest BCUT2D eigenvalue weighted by atomic mass is 19.4. The molecule has 0 fully saturated rings. The van der Waals surface area contributed by atoms with E-state index in [2.05, 4.69) is 0 Å². The van der Waals surface area contributed by atoms with Crippen molar-refractivity contribution in [3.63, 3.8) is 0 Å². The zero-order valence-corrected chi connectivity index (χ0v) is 15.4. The monoisotopic (exact) mass is 406 g/mol. The molecule has 1 aliphatic heterocycles. The van der Waals surface area contributed by atoms with E-state index in [-0.39, 0.29) is 17.9 Å². The van der Waals surface area contributed by atoms with Crippen LogP contribution in [-0.2, 0) is 9.59 Å². The Labute approximate surface area is 164 Å². The minimum Gasteiger partial charge on any atom is -0.341 e. The molecule has 0 saturated heterocycles. The lowest BCUT2D eigenvalue weighted by Gasteiger charge is -2.33. The fourth-order valence-corrected chi connectivity index (χ4v) is 3.32. The topological polar surface area (TPSA) is 49.4 Å². The van der Waals surface area contributed by atoms with Gasteiger partial charge in [-0.15, -0.1) is 0 Å². The number of nitrogens with zero attached hydrogens (tertiary/aromatic N) is 1. The summed E-state index contributed by atoms with van der Waals surface area (Å²) >= 11 is 0. The molecular weight excluding hydrogens is 388 g/mol. The number of hydrogen-bond donors (Lipinski definition) is 1. The average molecular weight is 406 g/mol. The Balaban J connectivity index is 1.84. The Bertz CT molecular complexity index is 938. The summed E-state index contributed by atoms with van der Waals surface area (Å²) in [5, 5.41) is 1.98. The fourth-order valence-electron chi connectivity index (χ4n) is 3.32. The Morgan fingerprint density at radius 2 is 1.76 bits per heavy atom. The second-order valence-corrected chi connectivity index (χ2v) is 6.68. The molecule has 2 unspecified atom stereocenters. The molecule has 1 N–H and O–H groups in total. The highest BCUT2D eigenvalue weighted by molar-refractivity contribution is 5.82. The highest BCUT2D eigenvalue weighted by Crippen LogP contribution is 2.35. The SMILES string of the molecule is CC(=O)N1C=Cc2ccccc2C1CC(=O)NC(c1ccc(F)cc1)C(F)(F)F. The third kappa shape index (κ3) is 4.64. The Morgan fingerprint density at radius 3 is 2.38 bits per heavy atom. The number of fused-ring (bicyclic) bond motifs is 1. The second-order valence-electron chi connectivity index (χ2n) is 6.68. The van der Waals surface area contributed by atoms with Gasteiger partial charge in [-0.2, -0.15) is 13.2 Å². The van der Waals surface area contributed by atoms with Gasteiger partial charge in [0.05, 0.1) is 12.5 Å². The molecule has 0 saturated carbocycles. The summed E-state index contributed by atoms with van der Waals surface area (Å²) in [7, 11) is 0. The van der Waals surface area contributed by atoms with Gasteiger partial charge in [-0.25, -0.2) is 4.39 Å². The van der Waals surface area contributed by atoms with Crippen molar-refractivity contribution in [2.24, 2.45) is 0 Å². The van der Waals surface area contributed by atoms with E-state index in [0.29, 0.717) is 5.56 Å². The van der Waals surface area contributed by atoms with Crippen molar-refractivity contribution >= 4 is 17.9 Å². The van der Waals surface area contributed by atoms with Crippen LogP contribution in [0.5, 0.6) is 0 Å². The van der Waals surface area contributed by atoms with Crippen molar-refractivity contribution in [1.82, 2.24) is 10.2 Å². The van der Waals surface area contributed by atoms with E-state index >= 15 is 0 Å². The van der Waals surface area contributed by atoms with Crippen LogP contribution in [0.1, 0.15) is 42.1 Å². The minimum absolute atomic E-state index is 0.278. The van der Waals surface area contributed by atoms with Crippen LogP contribution in [-0.4, -0.2) is 22.9 Å². The molecule has 1 aliphatic rings. The fraction of sp³-hybridized carbons (Fsp3) is 0.238. The smallest absolute Gasteiger partial charge is 0.341 e. The van der Waals surface area contributed by atoms with Crippen molar-refractivity contribution in [3.8, 4) is 0 Å². The quantitative estimate of drug-likeness (QED) is 0.760. The molecule has 4 nitrogen and oxygen atoms in total. The number of alkyl halides is 3. The van der Waals surface area contributed by atoms with Gasteiger partial charge in [0.25, 0.3) is 0 Å². The van der Waals surface area contributed by atoms with Gasteiger partial charge in [-0.05, 0) is 34.9 Å². The predicted molar refractivity (Wildman–Crippen MR) is 98.7 cm³/mol. The van der Waals surface area contributed by atoms with E-state index in [0.717, 1.165) is 29.8 Å². The summed E-state index contributed by atoms with van der Waals surface area (Å²) in [5.41, 5.74) is 1.18.